The number of imidazole rings is 1. The molecule has 21 heavy (non-hydrogen) atoms. The molecule has 4 nitrogen and oxygen atoms in total. The third-order valence-electron chi connectivity index (χ3n) is 3.99. The topological polar surface area (TPSA) is 46.6 Å². The molecular formula is C17H28N4. The standard InChI is InChI=1S/C17H28N4/c1-7-20(17(4,5)6)11-14-16(12(2)3)19-15-9-8-13(18)10-21(14)15/h8-10,12H,7,11,18H2,1-6H3. The van der Waals surface area contributed by atoms with Crippen molar-refractivity contribution in [1.29, 1.82) is 0 Å². The van der Waals surface area contributed by atoms with Crippen LogP contribution in [0.4, 0.5) is 5.69 Å². The Morgan fingerprint density at radius 1 is 1.29 bits per heavy atom. The minimum atomic E-state index is 0.132. The molecule has 0 bridgehead atoms. The molecule has 0 aromatic carbocycles. The molecule has 0 atom stereocenters. The van der Waals surface area contributed by atoms with Crippen molar-refractivity contribution < 1.29 is 0 Å². The zero-order valence-electron chi connectivity index (χ0n) is 14.1. The van der Waals surface area contributed by atoms with Crippen molar-refractivity contribution >= 4 is 11.3 Å². The summed E-state index contributed by atoms with van der Waals surface area (Å²) in [5, 5.41) is 0. The van der Waals surface area contributed by atoms with Crippen LogP contribution in [0.2, 0.25) is 0 Å². The molecule has 0 aliphatic heterocycles. The highest BCUT2D eigenvalue weighted by Crippen LogP contribution is 2.25. The van der Waals surface area contributed by atoms with Crippen molar-refractivity contribution in [2.45, 2.75) is 59.5 Å². The van der Waals surface area contributed by atoms with E-state index in [1.165, 1.54) is 11.4 Å². The first-order valence-corrected chi connectivity index (χ1v) is 7.75. The highest BCUT2D eigenvalue weighted by Gasteiger charge is 2.24. The predicted molar refractivity (Wildman–Crippen MR) is 89.5 cm³/mol. The lowest BCUT2D eigenvalue weighted by molar-refractivity contribution is 0.133. The number of nitrogens with two attached hydrogens (primary N) is 1. The van der Waals surface area contributed by atoms with Gasteiger partial charge in [0.2, 0.25) is 0 Å². The molecule has 2 rings (SSSR count). The molecular weight excluding hydrogens is 260 g/mol. The van der Waals surface area contributed by atoms with E-state index in [1.54, 1.807) is 0 Å². The molecule has 0 unspecified atom stereocenters. The molecule has 0 saturated heterocycles. The molecule has 2 aromatic rings. The molecule has 2 N–H and O–H groups in total. The molecule has 0 fully saturated rings. The van der Waals surface area contributed by atoms with Gasteiger partial charge < -0.3 is 10.1 Å². The van der Waals surface area contributed by atoms with Gasteiger partial charge in [-0.25, -0.2) is 4.98 Å². The van der Waals surface area contributed by atoms with Crippen molar-refractivity contribution in [3.8, 4) is 0 Å². The SMILES string of the molecule is CCN(Cc1c(C(C)C)nc2ccc(N)cn12)C(C)(C)C. The number of fused-ring (bicyclic) bond motifs is 1. The molecule has 0 aliphatic rings. The first kappa shape index (κ1) is 15.8. The quantitative estimate of drug-likeness (QED) is 0.934. The predicted octanol–water partition coefficient (Wildman–Crippen LogP) is 3.66. The van der Waals surface area contributed by atoms with E-state index in [1.807, 2.05) is 18.3 Å². The Bertz CT molecular complexity index is 619. The zero-order chi connectivity index (χ0) is 15.8. The second-order valence-electron chi connectivity index (χ2n) is 6.97. The fraction of sp³-hybridized carbons (Fsp3) is 0.588. The lowest BCUT2D eigenvalue weighted by Gasteiger charge is -2.34. The summed E-state index contributed by atoms with van der Waals surface area (Å²) >= 11 is 0. The molecule has 0 radical (unpaired) electrons. The van der Waals surface area contributed by atoms with Crippen molar-refractivity contribution in [3.63, 3.8) is 0 Å². The monoisotopic (exact) mass is 288 g/mol. The van der Waals surface area contributed by atoms with Crippen molar-refractivity contribution in [3.05, 3.63) is 29.7 Å². The maximum atomic E-state index is 5.97. The summed E-state index contributed by atoms with van der Waals surface area (Å²) in [5.41, 5.74) is 10.3. The van der Waals surface area contributed by atoms with Crippen LogP contribution in [0.5, 0.6) is 0 Å². The van der Waals surface area contributed by atoms with E-state index in [2.05, 4.69) is 50.8 Å². The summed E-state index contributed by atoms with van der Waals surface area (Å²) in [5.74, 6) is 0.403. The smallest absolute Gasteiger partial charge is 0.137 e. The molecule has 4 heteroatoms. The van der Waals surface area contributed by atoms with E-state index in [0.29, 0.717) is 5.92 Å². The summed E-state index contributed by atoms with van der Waals surface area (Å²) < 4.78 is 2.15. The van der Waals surface area contributed by atoms with Crippen LogP contribution in [0.3, 0.4) is 0 Å². The normalized spacial score (nSPS) is 12.8. The summed E-state index contributed by atoms with van der Waals surface area (Å²) in [4.78, 5) is 7.27. The van der Waals surface area contributed by atoms with Gasteiger partial charge in [0.15, 0.2) is 0 Å². The van der Waals surface area contributed by atoms with E-state index < -0.39 is 0 Å². The van der Waals surface area contributed by atoms with Gasteiger partial charge in [-0.1, -0.05) is 20.8 Å². The summed E-state index contributed by atoms with van der Waals surface area (Å²) in [6, 6.07) is 3.91. The number of nitrogens with zero attached hydrogens (tertiary/aromatic N) is 3. The van der Waals surface area contributed by atoms with Crippen LogP contribution in [0.25, 0.3) is 5.65 Å². The van der Waals surface area contributed by atoms with Gasteiger partial charge in [-0.15, -0.1) is 0 Å². The van der Waals surface area contributed by atoms with E-state index in [4.69, 9.17) is 10.7 Å². The summed E-state index contributed by atoms with van der Waals surface area (Å²) in [6.45, 7) is 15.3. The fourth-order valence-electron chi connectivity index (χ4n) is 2.75. The van der Waals surface area contributed by atoms with Crippen LogP contribution in [-0.2, 0) is 6.54 Å². The van der Waals surface area contributed by atoms with Crippen LogP contribution < -0.4 is 5.73 Å². The van der Waals surface area contributed by atoms with E-state index in [9.17, 15) is 0 Å². The van der Waals surface area contributed by atoms with Crippen LogP contribution in [-0.4, -0.2) is 26.4 Å². The maximum Gasteiger partial charge on any atom is 0.137 e. The average Bonchev–Trinajstić information content (AvgIpc) is 2.72. The fourth-order valence-corrected chi connectivity index (χ4v) is 2.75. The van der Waals surface area contributed by atoms with Gasteiger partial charge in [0, 0.05) is 24.0 Å². The molecule has 116 valence electrons. The highest BCUT2D eigenvalue weighted by atomic mass is 15.2. The Morgan fingerprint density at radius 3 is 2.48 bits per heavy atom. The Morgan fingerprint density at radius 2 is 1.95 bits per heavy atom. The number of aromatic nitrogens is 2. The molecule has 0 amide bonds. The molecule has 2 aromatic heterocycles. The first-order chi connectivity index (χ1) is 9.74. The number of hydrogen-bond acceptors (Lipinski definition) is 3. The lowest BCUT2D eigenvalue weighted by Crippen LogP contribution is -2.41. The number of nitrogen functional groups attached to an aromatic ring is 1. The second kappa shape index (κ2) is 5.68. The third-order valence-corrected chi connectivity index (χ3v) is 3.99. The van der Waals surface area contributed by atoms with Gasteiger partial charge in [0.25, 0.3) is 0 Å². The zero-order valence-corrected chi connectivity index (χ0v) is 14.1. The Balaban J connectivity index is 2.54. The van der Waals surface area contributed by atoms with E-state index in [-0.39, 0.29) is 5.54 Å². The maximum absolute atomic E-state index is 5.97. The molecule has 0 spiro atoms. The van der Waals surface area contributed by atoms with Crippen LogP contribution in [0, 0.1) is 0 Å². The molecule has 2 heterocycles. The first-order valence-electron chi connectivity index (χ1n) is 7.75. The second-order valence-corrected chi connectivity index (χ2v) is 6.97. The Kier molecular flexibility index (Phi) is 4.28. The summed E-state index contributed by atoms with van der Waals surface area (Å²) in [7, 11) is 0. The minimum absolute atomic E-state index is 0.132. The number of pyridine rings is 1. The van der Waals surface area contributed by atoms with Crippen molar-refractivity contribution in [2.24, 2.45) is 0 Å². The van der Waals surface area contributed by atoms with E-state index in [0.717, 1.165) is 24.4 Å². The van der Waals surface area contributed by atoms with E-state index >= 15 is 0 Å². The van der Waals surface area contributed by atoms with Crippen molar-refractivity contribution in [1.82, 2.24) is 14.3 Å². The van der Waals surface area contributed by atoms with Gasteiger partial charge in [0.05, 0.1) is 11.4 Å². The average molecular weight is 288 g/mol. The third kappa shape index (κ3) is 3.21. The van der Waals surface area contributed by atoms with Crippen molar-refractivity contribution in [2.75, 3.05) is 12.3 Å². The van der Waals surface area contributed by atoms with Crippen LogP contribution in [0.1, 0.15) is 58.8 Å². The van der Waals surface area contributed by atoms with Gasteiger partial charge in [-0.05, 0) is 45.4 Å². The molecule has 0 saturated carbocycles. The lowest BCUT2D eigenvalue weighted by atomic mass is 10.0. The van der Waals surface area contributed by atoms with Crippen LogP contribution in [0.15, 0.2) is 18.3 Å². The van der Waals surface area contributed by atoms with Crippen LogP contribution >= 0.6 is 0 Å². The van der Waals surface area contributed by atoms with Gasteiger partial charge in [0.1, 0.15) is 5.65 Å². The number of rotatable bonds is 4. The minimum Gasteiger partial charge on any atom is -0.398 e. The number of anilines is 1. The van der Waals surface area contributed by atoms with Gasteiger partial charge in [-0.2, -0.15) is 0 Å². The highest BCUT2D eigenvalue weighted by molar-refractivity contribution is 5.50. The van der Waals surface area contributed by atoms with Gasteiger partial charge >= 0.3 is 0 Å². The van der Waals surface area contributed by atoms with Gasteiger partial charge in [-0.3, -0.25) is 4.90 Å². The molecule has 0 aliphatic carbocycles. The largest absolute Gasteiger partial charge is 0.398 e. The summed E-state index contributed by atoms with van der Waals surface area (Å²) in [6.07, 6.45) is 1.99. The Labute approximate surface area is 128 Å². The Hall–Kier alpha value is -1.55. The number of hydrogen-bond donors (Lipinski definition) is 1.